The maximum Gasteiger partial charge on any atom is 0.270 e. The van der Waals surface area contributed by atoms with Crippen molar-refractivity contribution in [3.05, 3.63) is 39.9 Å². The lowest BCUT2D eigenvalue weighted by Crippen LogP contribution is -2.54. The van der Waals surface area contributed by atoms with E-state index in [9.17, 15) is 14.9 Å². The Balaban J connectivity index is 0.00000180. The van der Waals surface area contributed by atoms with Crippen molar-refractivity contribution in [3.63, 3.8) is 0 Å². The number of nitrogens with two attached hydrogens (primary N) is 1. The lowest BCUT2D eigenvalue weighted by Gasteiger charge is -2.38. The van der Waals surface area contributed by atoms with Crippen LogP contribution in [0, 0.1) is 10.1 Å². The molecule has 6 nitrogen and oxygen atoms in total. The van der Waals surface area contributed by atoms with E-state index in [0.717, 1.165) is 19.3 Å². The fraction of sp³-hybridized carbons (Fsp3) is 0.417. The van der Waals surface area contributed by atoms with Gasteiger partial charge in [0.15, 0.2) is 0 Å². The van der Waals surface area contributed by atoms with Gasteiger partial charge in [0.05, 0.1) is 4.92 Å². The van der Waals surface area contributed by atoms with Gasteiger partial charge in [-0.1, -0.05) is 6.07 Å². The minimum atomic E-state index is -0.521. The van der Waals surface area contributed by atoms with Crippen molar-refractivity contribution >= 4 is 24.0 Å². The largest absolute Gasteiger partial charge is 0.350 e. The smallest absolute Gasteiger partial charge is 0.270 e. The Hall–Kier alpha value is -1.66. The minimum Gasteiger partial charge on any atom is -0.350 e. The molecule has 0 saturated heterocycles. The van der Waals surface area contributed by atoms with Crippen LogP contribution in [-0.2, 0) is 0 Å². The van der Waals surface area contributed by atoms with Crippen molar-refractivity contribution < 1.29 is 9.72 Å². The van der Waals surface area contributed by atoms with Crippen LogP contribution in [0.3, 0.4) is 0 Å². The van der Waals surface area contributed by atoms with E-state index in [1.54, 1.807) is 6.07 Å². The van der Waals surface area contributed by atoms with E-state index in [-0.39, 0.29) is 35.1 Å². The first-order chi connectivity index (χ1) is 8.50. The lowest BCUT2D eigenvalue weighted by atomic mass is 9.78. The number of nitro groups is 1. The van der Waals surface area contributed by atoms with Crippen LogP contribution >= 0.6 is 12.4 Å². The van der Waals surface area contributed by atoms with Gasteiger partial charge in [0.1, 0.15) is 0 Å². The summed E-state index contributed by atoms with van der Waals surface area (Å²) in [6, 6.07) is 5.66. The van der Waals surface area contributed by atoms with Crippen LogP contribution in [0.25, 0.3) is 0 Å². The normalized spacial score (nSPS) is 15.8. The number of halogens is 1. The molecule has 1 fully saturated rings. The first-order valence-corrected chi connectivity index (χ1v) is 5.82. The van der Waals surface area contributed by atoms with Gasteiger partial charge < -0.3 is 11.1 Å². The van der Waals surface area contributed by atoms with Crippen molar-refractivity contribution in [2.45, 2.75) is 24.8 Å². The molecule has 0 atom stereocenters. The molecule has 1 aliphatic rings. The van der Waals surface area contributed by atoms with E-state index in [1.165, 1.54) is 18.2 Å². The molecule has 1 aromatic carbocycles. The van der Waals surface area contributed by atoms with Crippen LogP contribution in [0.4, 0.5) is 5.69 Å². The molecule has 0 aliphatic heterocycles. The maximum absolute atomic E-state index is 11.8. The maximum atomic E-state index is 11.8. The molecule has 1 amide bonds. The summed E-state index contributed by atoms with van der Waals surface area (Å²) in [6.45, 7) is 0.411. The first-order valence-electron chi connectivity index (χ1n) is 5.82. The zero-order valence-corrected chi connectivity index (χ0v) is 11.1. The molecule has 3 N–H and O–H groups in total. The van der Waals surface area contributed by atoms with Crippen molar-refractivity contribution in [2.24, 2.45) is 5.73 Å². The number of nitro benzene ring substituents is 1. The average Bonchev–Trinajstić information content (AvgIpc) is 2.33. The van der Waals surface area contributed by atoms with Crippen molar-refractivity contribution in [1.29, 1.82) is 0 Å². The predicted molar refractivity (Wildman–Crippen MR) is 73.4 cm³/mol. The molecule has 0 spiro atoms. The summed E-state index contributed by atoms with van der Waals surface area (Å²) in [7, 11) is 0. The van der Waals surface area contributed by atoms with E-state index in [2.05, 4.69) is 5.32 Å². The topological polar surface area (TPSA) is 98.3 Å². The molecule has 0 bridgehead atoms. The zero-order valence-electron chi connectivity index (χ0n) is 10.3. The van der Waals surface area contributed by atoms with E-state index < -0.39 is 4.92 Å². The van der Waals surface area contributed by atoms with E-state index in [4.69, 9.17) is 5.73 Å². The molecular formula is C12H16ClN3O3. The van der Waals surface area contributed by atoms with Gasteiger partial charge in [-0.3, -0.25) is 14.9 Å². The summed E-state index contributed by atoms with van der Waals surface area (Å²) >= 11 is 0. The second-order valence-electron chi connectivity index (χ2n) is 4.71. The van der Waals surface area contributed by atoms with Crippen LogP contribution in [-0.4, -0.2) is 22.9 Å². The molecule has 0 aromatic heterocycles. The van der Waals surface area contributed by atoms with Crippen LogP contribution in [0.2, 0.25) is 0 Å². The van der Waals surface area contributed by atoms with Crippen LogP contribution in [0.1, 0.15) is 29.6 Å². The Morgan fingerprint density at radius 1 is 1.47 bits per heavy atom. The number of non-ortho nitro benzene ring substituents is 1. The van der Waals surface area contributed by atoms with Crippen LogP contribution in [0.5, 0.6) is 0 Å². The van der Waals surface area contributed by atoms with E-state index in [1.807, 2.05) is 0 Å². The molecular weight excluding hydrogens is 270 g/mol. The summed E-state index contributed by atoms with van der Waals surface area (Å²) in [5.41, 5.74) is 5.88. The summed E-state index contributed by atoms with van der Waals surface area (Å²) in [5, 5.41) is 13.3. The van der Waals surface area contributed by atoms with Crippen molar-refractivity contribution in [2.75, 3.05) is 6.54 Å². The standard InChI is InChI=1S/C12H15N3O3.ClH/c13-12(5-2-6-12)8-14-11(16)9-3-1-4-10(7-9)15(17)18;/h1,3-4,7H,2,5-6,8,13H2,(H,14,16);1H. The average molecular weight is 286 g/mol. The number of nitrogens with one attached hydrogen (secondary N) is 1. The van der Waals surface area contributed by atoms with Crippen molar-refractivity contribution in [1.82, 2.24) is 5.32 Å². The third-order valence-corrected chi connectivity index (χ3v) is 3.27. The van der Waals surface area contributed by atoms with E-state index >= 15 is 0 Å². The number of amides is 1. The Labute approximate surface area is 116 Å². The number of rotatable bonds is 4. The molecule has 0 radical (unpaired) electrons. The SMILES string of the molecule is Cl.NC1(CNC(=O)c2cccc([N+](=O)[O-])c2)CCC1. The molecule has 1 saturated carbocycles. The monoisotopic (exact) mass is 285 g/mol. The van der Waals surface area contributed by atoms with Gasteiger partial charge in [0.2, 0.25) is 0 Å². The molecule has 1 aliphatic carbocycles. The Morgan fingerprint density at radius 2 is 2.16 bits per heavy atom. The molecule has 104 valence electrons. The quantitative estimate of drug-likeness (QED) is 0.649. The molecule has 19 heavy (non-hydrogen) atoms. The molecule has 7 heteroatoms. The van der Waals surface area contributed by atoms with Gasteiger partial charge in [0, 0.05) is 29.8 Å². The number of benzene rings is 1. The van der Waals surface area contributed by atoms with Crippen LogP contribution < -0.4 is 11.1 Å². The summed E-state index contributed by atoms with van der Waals surface area (Å²) in [4.78, 5) is 21.9. The van der Waals surface area contributed by atoms with E-state index in [0.29, 0.717) is 6.54 Å². The third-order valence-electron chi connectivity index (χ3n) is 3.27. The highest BCUT2D eigenvalue weighted by molar-refractivity contribution is 5.94. The number of nitrogens with zero attached hydrogens (tertiary/aromatic N) is 1. The molecule has 1 aromatic rings. The molecule has 0 unspecified atom stereocenters. The zero-order chi connectivity index (χ0) is 13.2. The number of carbonyl (C=O) groups is 1. The van der Waals surface area contributed by atoms with Gasteiger partial charge in [-0.2, -0.15) is 0 Å². The number of carbonyl (C=O) groups excluding carboxylic acids is 1. The minimum absolute atomic E-state index is 0. The highest BCUT2D eigenvalue weighted by Gasteiger charge is 2.32. The Kier molecular flexibility index (Phi) is 4.85. The van der Waals surface area contributed by atoms with Crippen LogP contribution in [0.15, 0.2) is 24.3 Å². The summed E-state index contributed by atoms with van der Waals surface area (Å²) in [5.74, 6) is -0.324. The summed E-state index contributed by atoms with van der Waals surface area (Å²) < 4.78 is 0. The van der Waals surface area contributed by atoms with Gasteiger partial charge in [-0.25, -0.2) is 0 Å². The second-order valence-corrected chi connectivity index (χ2v) is 4.71. The Bertz CT molecular complexity index is 489. The number of hydrogen-bond acceptors (Lipinski definition) is 4. The Morgan fingerprint density at radius 3 is 2.68 bits per heavy atom. The van der Waals surface area contributed by atoms with Crippen molar-refractivity contribution in [3.8, 4) is 0 Å². The molecule has 0 heterocycles. The fourth-order valence-corrected chi connectivity index (χ4v) is 1.93. The van der Waals surface area contributed by atoms with Gasteiger partial charge in [0.25, 0.3) is 11.6 Å². The predicted octanol–water partition coefficient (Wildman–Crippen LogP) is 1.63. The number of hydrogen-bond donors (Lipinski definition) is 2. The lowest BCUT2D eigenvalue weighted by molar-refractivity contribution is -0.384. The van der Waals surface area contributed by atoms with Gasteiger partial charge >= 0.3 is 0 Å². The van der Waals surface area contributed by atoms with Gasteiger partial charge in [-0.15, -0.1) is 12.4 Å². The first kappa shape index (κ1) is 15.4. The second kappa shape index (κ2) is 5.99. The highest BCUT2D eigenvalue weighted by Crippen LogP contribution is 2.28. The summed E-state index contributed by atoms with van der Waals surface area (Å²) in [6.07, 6.45) is 2.90. The van der Waals surface area contributed by atoms with Gasteiger partial charge in [-0.05, 0) is 25.3 Å². The fourth-order valence-electron chi connectivity index (χ4n) is 1.93. The third kappa shape index (κ3) is 3.65. The molecule has 2 rings (SSSR count). The highest BCUT2D eigenvalue weighted by atomic mass is 35.5.